The van der Waals surface area contributed by atoms with Crippen LogP contribution in [0.3, 0.4) is 0 Å². The van der Waals surface area contributed by atoms with Gasteiger partial charge in [-0.1, -0.05) is 5.11 Å². The van der Waals surface area contributed by atoms with Gasteiger partial charge in [0.25, 0.3) is 5.91 Å². The molecule has 10 nitrogen and oxygen atoms in total. The van der Waals surface area contributed by atoms with E-state index in [4.69, 9.17) is 5.53 Å². The van der Waals surface area contributed by atoms with Crippen molar-refractivity contribution in [1.29, 1.82) is 0 Å². The molecule has 122 valence electrons. The molecule has 24 heavy (non-hydrogen) atoms. The van der Waals surface area contributed by atoms with Gasteiger partial charge in [0, 0.05) is 30.3 Å². The number of azide groups is 1. The summed E-state index contributed by atoms with van der Waals surface area (Å²) in [5.41, 5.74) is 10.4. The molecule has 2 aliphatic rings. The van der Waals surface area contributed by atoms with Crippen LogP contribution in [0, 0.1) is 0 Å². The fraction of sp³-hybridized carbons (Fsp3) is 0.429. The summed E-state index contributed by atoms with van der Waals surface area (Å²) >= 11 is 0. The van der Waals surface area contributed by atoms with E-state index in [0.29, 0.717) is 23.1 Å². The molecule has 2 aromatic heterocycles. The van der Waals surface area contributed by atoms with Crippen LogP contribution >= 0.6 is 0 Å². The number of rotatable bonds is 4. The minimum absolute atomic E-state index is 0.0509. The lowest BCUT2D eigenvalue weighted by molar-refractivity contribution is -0.123. The molecule has 0 bridgehead atoms. The van der Waals surface area contributed by atoms with Crippen LogP contribution in [0.15, 0.2) is 17.5 Å². The Labute approximate surface area is 136 Å². The highest BCUT2D eigenvalue weighted by atomic mass is 16.2. The summed E-state index contributed by atoms with van der Waals surface area (Å²) in [6.07, 6.45) is 5.76. The molecule has 0 aromatic carbocycles. The number of amides is 3. The molecule has 1 aliphatic carbocycles. The maximum atomic E-state index is 12.3. The van der Waals surface area contributed by atoms with Gasteiger partial charge in [0.05, 0.1) is 17.9 Å². The lowest BCUT2D eigenvalue weighted by Gasteiger charge is -2.15. The molecule has 1 saturated heterocycles. The minimum Gasteiger partial charge on any atom is -0.302 e. The lowest BCUT2D eigenvalue weighted by atomic mass is 10.3. The van der Waals surface area contributed by atoms with E-state index in [0.717, 1.165) is 23.4 Å². The average molecular weight is 326 g/mol. The Morgan fingerprint density at radius 3 is 2.75 bits per heavy atom. The van der Waals surface area contributed by atoms with Crippen LogP contribution in [0.25, 0.3) is 16.1 Å². The normalized spacial score (nSPS) is 17.7. The van der Waals surface area contributed by atoms with Crippen LogP contribution in [0.5, 0.6) is 0 Å². The Morgan fingerprint density at radius 1 is 1.33 bits per heavy atom. The second-order valence-corrected chi connectivity index (χ2v) is 5.94. The molecular weight excluding hydrogens is 312 g/mol. The van der Waals surface area contributed by atoms with Gasteiger partial charge in [0.1, 0.15) is 6.54 Å². The standard InChI is InChI=1S/C14H14N8O2/c1-20-11(23)7-22(14(20)24)13-12-17-9(4-16-19-15)5-21(12)6-10(18-13)8-2-3-8/h5-6,8H,2-4,7H2,1H3. The smallest absolute Gasteiger partial charge is 0.302 e. The largest absolute Gasteiger partial charge is 0.332 e. The predicted octanol–water partition coefficient (Wildman–Crippen LogP) is 1.82. The number of fused-ring (bicyclic) bond motifs is 1. The number of anilines is 1. The monoisotopic (exact) mass is 326 g/mol. The number of hydrogen-bond donors (Lipinski definition) is 0. The number of carbonyl (C=O) groups is 2. The van der Waals surface area contributed by atoms with Crippen LogP contribution in [0.4, 0.5) is 10.6 Å². The first-order chi connectivity index (χ1) is 11.6. The van der Waals surface area contributed by atoms with Gasteiger partial charge in [-0.05, 0) is 18.4 Å². The van der Waals surface area contributed by atoms with E-state index in [1.165, 1.54) is 11.9 Å². The molecule has 0 radical (unpaired) electrons. The van der Waals surface area contributed by atoms with Crippen molar-refractivity contribution in [3.05, 3.63) is 34.2 Å². The van der Waals surface area contributed by atoms with Crippen LogP contribution in [-0.2, 0) is 11.3 Å². The highest BCUT2D eigenvalue weighted by molar-refractivity contribution is 6.12. The quantitative estimate of drug-likeness (QED) is 0.368. The second-order valence-electron chi connectivity index (χ2n) is 5.94. The Bertz CT molecular complexity index is 909. The Hall–Kier alpha value is -3.13. The maximum absolute atomic E-state index is 12.3. The van der Waals surface area contributed by atoms with Crippen molar-refractivity contribution < 1.29 is 9.59 Å². The Morgan fingerprint density at radius 2 is 2.12 bits per heavy atom. The summed E-state index contributed by atoms with van der Waals surface area (Å²) in [6, 6.07) is -0.415. The van der Waals surface area contributed by atoms with Crippen molar-refractivity contribution in [1.82, 2.24) is 19.3 Å². The minimum atomic E-state index is -0.415. The zero-order valence-corrected chi connectivity index (χ0v) is 13.0. The van der Waals surface area contributed by atoms with Crippen molar-refractivity contribution in [2.75, 3.05) is 18.5 Å². The molecule has 1 saturated carbocycles. The van der Waals surface area contributed by atoms with Gasteiger partial charge in [-0.15, -0.1) is 0 Å². The fourth-order valence-electron chi connectivity index (χ4n) is 2.75. The Kier molecular flexibility index (Phi) is 3.14. The van der Waals surface area contributed by atoms with Gasteiger partial charge in [0.15, 0.2) is 11.5 Å². The third kappa shape index (κ3) is 2.24. The van der Waals surface area contributed by atoms with E-state index < -0.39 is 6.03 Å². The number of nitrogens with zero attached hydrogens (tertiary/aromatic N) is 8. The summed E-state index contributed by atoms with van der Waals surface area (Å²) in [4.78, 5) is 38.3. The highest BCUT2D eigenvalue weighted by Gasteiger charge is 2.37. The molecule has 0 unspecified atom stereocenters. The molecule has 1 aliphatic heterocycles. The lowest BCUT2D eigenvalue weighted by Crippen LogP contribution is -2.31. The summed E-state index contributed by atoms with van der Waals surface area (Å²) in [6.45, 7) is 0.0633. The zero-order chi connectivity index (χ0) is 16.8. The summed E-state index contributed by atoms with van der Waals surface area (Å²) in [5.74, 6) is 0.467. The number of imide groups is 1. The van der Waals surface area contributed by atoms with Crippen LogP contribution < -0.4 is 4.90 Å². The predicted molar refractivity (Wildman–Crippen MR) is 83.3 cm³/mol. The summed E-state index contributed by atoms with van der Waals surface area (Å²) < 4.78 is 1.79. The molecular formula is C14H14N8O2. The third-order valence-corrected chi connectivity index (χ3v) is 4.22. The van der Waals surface area contributed by atoms with Crippen molar-refractivity contribution in [3.63, 3.8) is 0 Å². The van der Waals surface area contributed by atoms with Crippen LogP contribution in [-0.4, -0.2) is 44.8 Å². The first kappa shape index (κ1) is 14.5. The van der Waals surface area contributed by atoms with Crippen molar-refractivity contribution in [2.24, 2.45) is 5.11 Å². The topological polar surface area (TPSA) is 120 Å². The summed E-state index contributed by atoms with van der Waals surface area (Å²) in [5, 5.41) is 3.51. The number of hydrogen-bond acceptors (Lipinski definition) is 5. The number of likely N-dealkylation sites (N-methyl/N-ethyl adjacent to an activating group) is 1. The fourth-order valence-corrected chi connectivity index (χ4v) is 2.75. The van der Waals surface area contributed by atoms with E-state index in [9.17, 15) is 9.59 Å². The number of aromatic nitrogens is 3. The maximum Gasteiger partial charge on any atom is 0.332 e. The van der Waals surface area contributed by atoms with Gasteiger partial charge in [0.2, 0.25) is 0 Å². The van der Waals surface area contributed by atoms with Crippen molar-refractivity contribution in [2.45, 2.75) is 25.3 Å². The molecule has 0 spiro atoms. The highest BCUT2D eigenvalue weighted by Crippen LogP contribution is 2.40. The van der Waals surface area contributed by atoms with Gasteiger partial charge in [-0.3, -0.25) is 14.6 Å². The average Bonchev–Trinajstić information content (AvgIpc) is 3.30. The van der Waals surface area contributed by atoms with E-state index in [1.807, 2.05) is 6.20 Å². The van der Waals surface area contributed by atoms with Crippen LogP contribution in [0.2, 0.25) is 0 Å². The van der Waals surface area contributed by atoms with E-state index in [1.54, 1.807) is 10.6 Å². The molecule has 0 atom stereocenters. The summed E-state index contributed by atoms with van der Waals surface area (Å²) in [7, 11) is 1.45. The molecule has 3 amide bonds. The third-order valence-electron chi connectivity index (χ3n) is 4.22. The SMILES string of the molecule is CN1C(=O)CN(c2nc(C3CC3)cn3cc(CN=[N+]=[N-])nc23)C1=O. The molecule has 4 rings (SSSR count). The number of urea groups is 1. The second kappa shape index (κ2) is 5.20. The van der Waals surface area contributed by atoms with Gasteiger partial charge in [-0.25, -0.2) is 14.8 Å². The molecule has 2 fully saturated rings. The Balaban J connectivity index is 1.85. The van der Waals surface area contributed by atoms with Crippen LogP contribution in [0.1, 0.15) is 30.1 Å². The molecule has 3 heterocycles. The van der Waals surface area contributed by atoms with E-state index >= 15 is 0 Å². The van der Waals surface area contributed by atoms with Crippen molar-refractivity contribution >= 4 is 23.4 Å². The molecule has 2 aromatic rings. The van der Waals surface area contributed by atoms with Gasteiger partial charge < -0.3 is 4.40 Å². The first-order valence-corrected chi connectivity index (χ1v) is 7.56. The van der Waals surface area contributed by atoms with Gasteiger partial charge in [-0.2, -0.15) is 0 Å². The van der Waals surface area contributed by atoms with Gasteiger partial charge >= 0.3 is 6.03 Å². The molecule has 10 heteroatoms. The van der Waals surface area contributed by atoms with Crippen molar-refractivity contribution in [3.8, 4) is 0 Å². The number of imidazole rings is 1. The first-order valence-electron chi connectivity index (χ1n) is 7.56. The van der Waals surface area contributed by atoms with E-state index in [-0.39, 0.29) is 19.0 Å². The zero-order valence-electron chi connectivity index (χ0n) is 13.0. The number of carbonyl (C=O) groups excluding carboxylic acids is 2. The van der Waals surface area contributed by atoms with E-state index in [2.05, 4.69) is 20.0 Å². The molecule has 0 N–H and O–H groups in total.